The Bertz CT molecular complexity index is 104. The molecule has 3 aliphatic rings. The molecule has 46 valence electrons. The summed E-state index contributed by atoms with van der Waals surface area (Å²) in [4.78, 5) is 0. The monoisotopic (exact) mass is 110 g/mol. The molecular weight excluding hydrogens is 96.1 g/mol. The average Bonchev–Trinajstić information content (AvgIpc) is 1.88. The van der Waals surface area contributed by atoms with Gasteiger partial charge in [-0.3, -0.25) is 0 Å². The Hall–Kier alpha value is 0. The van der Waals surface area contributed by atoms with Gasteiger partial charge in [-0.25, -0.2) is 0 Å². The molecule has 0 aromatic heterocycles. The fourth-order valence-electron chi connectivity index (χ4n) is 2.97. The first kappa shape index (κ1) is 4.84. The number of hydrogen-bond donors (Lipinski definition) is 0. The van der Waals surface area contributed by atoms with Crippen LogP contribution in [0.3, 0.4) is 0 Å². The van der Waals surface area contributed by atoms with E-state index in [4.69, 9.17) is 0 Å². The van der Waals surface area contributed by atoms with Gasteiger partial charge < -0.3 is 0 Å². The maximum Gasteiger partial charge on any atom is -0.0315 e. The molecule has 0 unspecified atom stereocenters. The summed E-state index contributed by atoms with van der Waals surface area (Å²) in [5.74, 6) is 0. The van der Waals surface area contributed by atoms with Crippen LogP contribution in [0.25, 0.3) is 0 Å². The van der Waals surface area contributed by atoms with Gasteiger partial charge in [0, 0.05) is 0 Å². The second-order valence-electron chi connectivity index (χ2n) is 4.47. The van der Waals surface area contributed by atoms with Gasteiger partial charge in [-0.1, -0.05) is 13.8 Å². The van der Waals surface area contributed by atoms with Crippen LogP contribution in [-0.2, 0) is 0 Å². The minimum absolute atomic E-state index is 0.800. The molecule has 3 rings (SSSR count). The largest absolute Gasteiger partial charge is 0.0596 e. The number of hydrogen-bond acceptors (Lipinski definition) is 0. The van der Waals surface area contributed by atoms with Gasteiger partial charge in [-0.05, 0) is 36.5 Å². The van der Waals surface area contributed by atoms with Crippen LogP contribution in [0.4, 0.5) is 0 Å². The highest BCUT2D eigenvalue weighted by molar-refractivity contribution is 5.05. The topological polar surface area (TPSA) is 0 Å². The smallest absolute Gasteiger partial charge is 0.0315 e. The van der Waals surface area contributed by atoms with Crippen LogP contribution in [0.1, 0.15) is 39.5 Å². The molecule has 2 bridgehead atoms. The van der Waals surface area contributed by atoms with Gasteiger partial charge in [0.15, 0.2) is 0 Å². The molecule has 8 heavy (non-hydrogen) atoms. The molecule has 3 saturated carbocycles. The minimum Gasteiger partial charge on any atom is -0.0596 e. The molecule has 0 N–H and O–H groups in total. The summed E-state index contributed by atoms with van der Waals surface area (Å²) >= 11 is 0. The van der Waals surface area contributed by atoms with Crippen molar-refractivity contribution in [1.29, 1.82) is 0 Å². The fraction of sp³-hybridized carbons (Fsp3) is 1.00. The SMILES string of the molecule is CC12CCC(C)(C1)C2. The van der Waals surface area contributed by atoms with Crippen LogP contribution in [0.2, 0.25) is 0 Å². The standard InChI is InChI=1S/C8H14/c1-7-3-4-8(2,5-7)6-7/h3-6H2,1-2H3. The lowest BCUT2D eigenvalue weighted by Crippen LogP contribution is -2.32. The summed E-state index contributed by atoms with van der Waals surface area (Å²) in [5, 5.41) is 0. The normalized spacial score (nSPS) is 60.8. The lowest BCUT2D eigenvalue weighted by Gasteiger charge is -2.43. The highest BCUT2D eigenvalue weighted by atomic mass is 14.6. The van der Waals surface area contributed by atoms with Crippen LogP contribution in [0.15, 0.2) is 0 Å². The first-order valence-corrected chi connectivity index (χ1v) is 3.62. The second kappa shape index (κ2) is 0.984. The molecule has 0 radical (unpaired) electrons. The van der Waals surface area contributed by atoms with E-state index in [2.05, 4.69) is 13.8 Å². The minimum atomic E-state index is 0.800. The van der Waals surface area contributed by atoms with Crippen molar-refractivity contribution in [2.24, 2.45) is 10.8 Å². The summed E-state index contributed by atoms with van der Waals surface area (Å²) in [6.45, 7) is 4.86. The van der Waals surface area contributed by atoms with Crippen LogP contribution in [0.5, 0.6) is 0 Å². The summed E-state index contributed by atoms with van der Waals surface area (Å²) in [6, 6.07) is 0. The van der Waals surface area contributed by atoms with E-state index in [0.29, 0.717) is 0 Å². The van der Waals surface area contributed by atoms with Crippen LogP contribution >= 0.6 is 0 Å². The predicted molar refractivity (Wildman–Crippen MR) is 34.7 cm³/mol. The van der Waals surface area contributed by atoms with E-state index < -0.39 is 0 Å². The first-order valence-electron chi connectivity index (χ1n) is 3.62. The molecule has 0 heterocycles. The predicted octanol–water partition coefficient (Wildman–Crippen LogP) is 2.59. The van der Waals surface area contributed by atoms with Gasteiger partial charge in [0.25, 0.3) is 0 Å². The van der Waals surface area contributed by atoms with Crippen molar-refractivity contribution < 1.29 is 0 Å². The van der Waals surface area contributed by atoms with Gasteiger partial charge >= 0.3 is 0 Å². The Kier molecular flexibility index (Phi) is 0.595. The highest BCUT2D eigenvalue weighted by Gasteiger charge is 2.54. The number of rotatable bonds is 0. The van der Waals surface area contributed by atoms with Crippen LogP contribution < -0.4 is 0 Å². The molecule has 0 nitrogen and oxygen atoms in total. The Morgan fingerprint density at radius 2 is 1.25 bits per heavy atom. The van der Waals surface area contributed by atoms with Crippen molar-refractivity contribution in [1.82, 2.24) is 0 Å². The summed E-state index contributed by atoms with van der Waals surface area (Å²) in [7, 11) is 0. The van der Waals surface area contributed by atoms with E-state index in [9.17, 15) is 0 Å². The van der Waals surface area contributed by atoms with Crippen molar-refractivity contribution in [2.75, 3.05) is 0 Å². The molecule has 0 aromatic rings. The van der Waals surface area contributed by atoms with Crippen LogP contribution in [0, 0.1) is 10.8 Å². The van der Waals surface area contributed by atoms with Crippen molar-refractivity contribution in [3.8, 4) is 0 Å². The Morgan fingerprint density at radius 1 is 0.875 bits per heavy atom. The van der Waals surface area contributed by atoms with Gasteiger partial charge in [0.05, 0.1) is 0 Å². The van der Waals surface area contributed by atoms with E-state index in [0.717, 1.165) is 10.8 Å². The highest BCUT2D eigenvalue weighted by Crippen LogP contribution is 2.66. The van der Waals surface area contributed by atoms with Crippen molar-refractivity contribution >= 4 is 0 Å². The molecule has 0 spiro atoms. The molecule has 0 aliphatic heterocycles. The third kappa shape index (κ3) is 0.416. The van der Waals surface area contributed by atoms with Crippen molar-refractivity contribution in [3.63, 3.8) is 0 Å². The quantitative estimate of drug-likeness (QED) is 0.449. The Labute approximate surface area is 51.3 Å². The zero-order valence-electron chi connectivity index (χ0n) is 5.83. The molecular formula is C8H14. The van der Waals surface area contributed by atoms with Crippen molar-refractivity contribution in [2.45, 2.75) is 39.5 Å². The van der Waals surface area contributed by atoms with E-state index in [1.807, 2.05) is 0 Å². The Morgan fingerprint density at radius 3 is 1.38 bits per heavy atom. The average molecular weight is 110 g/mol. The third-order valence-corrected chi connectivity index (χ3v) is 3.04. The lowest BCUT2D eigenvalue weighted by molar-refractivity contribution is 0.0803. The van der Waals surface area contributed by atoms with E-state index in [-0.39, 0.29) is 0 Å². The maximum absolute atomic E-state index is 2.43. The summed E-state index contributed by atoms with van der Waals surface area (Å²) in [5.41, 5.74) is 1.60. The molecule has 0 heteroatoms. The maximum atomic E-state index is 2.43. The zero-order valence-corrected chi connectivity index (χ0v) is 5.83. The molecule has 3 fully saturated rings. The number of fused-ring (bicyclic) bond motifs is 1. The van der Waals surface area contributed by atoms with Gasteiger partial charge in [-0.2, -0.15) is 0 Å². The van der Waals surface area contributed by atoms with Crippen LogP contribution in [-0.4, -0.2) is 0 Å². The zero-order chi connectivity index (χ0) is 5.83. The molecule has 3 aliphatic carbocycles. The molecule has 0 aromatic carbocycles. The van der Waals surface area contributed by atoms with E-state index in [1.165, 1.54) is 25.7 Å². The van der Waals surface area contributed by atoms with E-state index >= 15 is 0 Å². The van der Waals surface area contributed by atoms with Gasteiger partial charge in [0.2, 0.25) is 0 Å². The third-order valence-electron chi connectivity index (χ3n) is 3.04. The molecule has 0 saturated heterocycles. The first-order chi connectivity index (χ1) is 3.62. The fourth-order valence-corrected chi connectivity index (χ4v) is 2.97. The molecule has 0 atom stereocenters. The summed E-state index contributed by atoms with van der Waals surface area (Å²) in [6.07, 6.45) is 6.03. The second-order valence-corrected chi connectivity index (χ2v) is 4.47. The summed E-state index contributed by atoms with van der Waals surface area (Å²) < 4.78 is 0. The molecule has 0 amide bonds. The van der Waals surface area contributed by atoms with Gasteiger partial charge in [0.1, 0.15) is 0 Å². The Balaban J connectivity index is 2.22. The van der Waals surface area contributed by atoms with Gasteiger partial charge in [-0.15, -0.1) is 0 Å². The van der Waals surface area contributed by atoms with Crippen molar-refractivity contribution in [3.05, 3.63) is 0 Å². The van der Waals surface area contributed by atoms with E-state index in [1.54, 1.807) is 0 Å². The lowest BCUT2D eigenvalue weighted by atomic mass is 9.62.